The second kappa shape index (κ2) is 7.78. The fraction of sp³-hybridized carbons (Fsp3) is 0.200. The number of fused-ring (bicyclic) bond motifs is 1. The Hall–Kier alpha value is -3.24. The van der Waals surface area contributed by atoms with Gasteiger partial charge in [-0.25, -0.2) is 13.2 Å². The maximum absolute atomic E-state index is 12.9. The number of urea groups is 1. The largest absolute Gasteiger partial charge is 0.358 e. The summed E-state index contributed by atoms with van der Waals surface area (Å²) < 4.78 is 28.4. The highest BCUT2D eigenvalue weighted by Gasteiger charge is 2.50. The highest BCUT2D eigenvalue weighted by Crippen LogP contribution is 2.35. The Morgan fingerprint density at radius 1 is 1.13 bits per heavy atom. The van der Waals surface area contributed by atoms with Crippen molar-refractivity contribution in [3.8, 4) is 0 Å². The van der Waals surface area contributed by atoms with Crippen molar-refractivity contribution >= 4 is 55.8 Å². The number of hydrogen-bond acceptors (Lipinski definition) is 4. The summed E-state index contributed by atoms with van der Waals surface area (Å²) in [6.45, 7) is 0. The fourth-order valence-corrected chi connectivity index (χ4v) is 4.63. The minimum absolute atomic E-state index is 0.0348. The van der Waals surface area contributed by atoms with Crippen LogP contribution in [0.1, 0.15) is 12.8 Å². The van der Waals surface area contributed by atoms with E-state index < -0.39 is 21.6 Å². The lowest BCUT2D eigenvalue weighted by Crippen LogP contribution is -2.49. The molecule has 1 fully saturated rings. The molecule has 0 aliphatic heterocycles. The monoisotopic (exact) mass is 461 g/mol. The summed E-state index contributed by atoms with van der Waals surface area (Å²) in [4.78, 5) is 27.1. The number of likely N-dealkylation sites (N-methyl/N-ethyl adjacent to an activating group) is 1. The number of aromatic amines is 1. The van der Waals surface area contributed by atoms with E-state index in [1.807, 2.05) is 0 Å². The number of carbonyl (C=O) groups is 2. The van der Waals surface area contributed by atoms with Crippen LogP contribution in [0.2, 0.25) is 5.02 Å². The van der Waals surface area contributed by atoms with Gasteiger partial charge >= 0.3 is 6.03 Å². The average molecular weight is 462 g/mol. The molecule has 9 nitrogen and oxygen atoms in total. The SMILES string of the molecule is CNC(=O)C1(NC(=O)Nc2cccc(S(=O)(=O)Nc3cccc4c(Cl)c[nH]c34)c2)CC1. The predicted molar refractivity (Wildman–Crippen MR) is 119 cm³/mol. The zero-order valence-electron chi connectivity index (χ0n) is 16.5. The van der Waals surface area contributed by atoms with E-state index in [1.165, 1.54) is 25.2 Å². The molecule has 1 aromatic heterocycles. The van der Waals surface area contributed by atoms with Crippen molar-refractivity contribution in [2.75, 3.05) is 17.1 Å². The van der Waals surface area contributed by atoms with Gasteiger partial charge in [0.25, 0.3) is 10.0 Å². The number of H-pyrrole nitrogens is 1. The first-order valence-corrected chi connectivity index (χ1v) is 11.3. The van der Waals surface area contributed by atoms with Crippen LogP contribution >= 0.6 is 11.6 Å². The van der Waals surface area contributed by atoms with E-state index in [0.29, 0.717) is 34.5 Å². The van der Waals surface area contributed by atoms with E-state index >= 15 is 0 Å². The van der Waals surface area contributed by atoms with Gasteiger partial charge in [0, 0.05) is 24.3 Å². The van der Waals surface area contributed by atoms with Gasteiger partial charge in [-0.15, -0.1) is 0 Å². The van der Waals surface area contributed by atoms with E-state index in [2.05, 4.69) is 25.7 Å². The molecule has 0 spiro atoms. The molecule has 0 bridgehead atoms. The first-order chi connectivity index (χ1) is 14.7. The van der Waals surface area contributed by atoms with Crippen molar-refractivity contribution in [1.82, 2.24) is 15.6 Å². The smallest absolute Gasteiger partial charge is 0.320 e. The molecule has 162 valence electrons. The van der Waals surface area contributed by atoms with Crippen LogP contribution in [0.5, 0.6) is 0 Å². The average Bonchev–Trinajstić information content (AvgIpc) is 3.42. The Bertz CT molecular complexity index is 1280. The molecule has 0 atom stereocenters. The highest BCUT2D eigenvalue weighted by atomic mass is 35.5. The molecular formula is C20H20ClN5O4S. The van der Waals surface area contributed by atoms with Crippen molar-refractivity contribution < 1.29 is 18.0 Å². The zero-order valence-corrected chi connectivity index (χ0v) is 18.0. The van der Waals surface area contributed by atoms with Crippen molar-refractivity contribution in [2.24, 2.45) is 0 Å². The molecule has 1 aliphatic carbocycles. The molecule has 0 unspecified atom stereocenters. The fourth-order valence-electron chi connectivity index (χ4n) is 3.30. The number of hydrogen-bond donors (Lipinski definition) is 5. The summed E-state index contributed by atoms with van der Waals surface area (Å²) >= 11 is 6.10. The minimum Gasteiger partial charge on any atom is -0.358 e. The molecule has 1 heterocycles. The molecule has 0 radical (unpaired) electrons. The molecule has 0 saturated heterocycles. The maximum atomic E-state index is 12.9. The lowest BCUT2D eigenvalue weighted by atomic mass is 10.2. The van der Waals surface area contributed by atoms with Gasteiger partial charge in [0.1, 0.15) is 5.54 Å². The van der Waals surface area contributed by atoms with Gasteiger partial charge in [0.05, 0.1) is 21.1 Å². The van der Waals surface area contributed by atoms with Gasteiger partial charge < -0.3 is 20.9 Å². The lowest BCUT2D eigenvalue weighted by molar-refractivity contribution is -0.123. The van der Waals surface area contributed by atoms with Gasteiger partial charge in [-0.05, 0) is 37.1 Å². The molecule has 5 N–H and O–H groups in total. The van der Waals surface area contributed by atoms with Crippen LogP contribution in [-0.4, -0.2) is 37.9 Å². The summed E-state index contributed by atoms with van der Waals surface area (Å²) in [5.74, 6) is -0.262. The number of rotatable bonds is 6. The number of nitrogens with one attached hydrogen (secondary N) is 5. The number of sulfonamides is 1. The molecule has 3 amide bonds. The van der Waals surface area contributed by atoms with Crippen LogP contribution < -0.4 is 20.7 Å². The Morgan fingerprint density at radius 2 is 1.87 bits per heavy atom. The first-order valence-electron chi connectivity index (χ1n) is 9.44. The molecule has 1 saturated carbocycles. The quantitative estimate of drug-likeness (QED) is 0.386. The number of carbonyl (C=O) groups excluding carboxylic acids is 2. The second-order valence-corrected chi connectivity index (χ2v) is 9.33. The molecule has 11 heteroatoms. The van der Waals surface area contributed by atoms with Gasteiger partial charge in [-0.3, -0.25) is 9.52 Å². The standard InChI is InChI=1S/C20H20ClN5O4S/c1-22-18(27)20(8-9-20)25-19(28)24-12-4-2-5-13(10-12)31(29,30)26-16-7-3-6-14-15(21)11-23-17(14)16/h2-7,10-11,23,26H,8-9H2,1H3,(H,22,27)(H2,24,25,28). The molecule has 2 aromatic carbocycles. The third-order valence-electron chi connectivity index (χ3n) is 5.08. The van der Waals surface area contributed by atoms with Crippen LogP contribution in [0.4, 0.5) is 16.2 Å². The van der Waals surface area contributed by atoms with Crippen LogP contribution in [0, 0.1) is 0 Å². The number of para-hydroxylation sites is 1. The highest BCUT2D eigenvalue weighted by molar-refractivity contribution is 7.92. The van der Waals surface area contributed by atoms with E-state index in [-0.39, 0.29) is 16.5 Å². The summed E-state index contributed by atoms with van der Waals surface area (Å²) in [6.07, 6.45) is 2.68. The van der Waals surface area contributed by atoms with Crippen LogP contribution in [-0.2, 0) is 14.8 Å². The van der Waals surface area contributed by atoms with Crippen molar-refractivity contribution in [1.29, 1.82) is 0 Å². The van der Waals surface area contributed by atoms with E-state index in [4.69, 9.17) is 11.6 Å². The summed E-state index contributed by atoms with van der Waals surface area (Å²) in [7, 11) is -2.44. The summed E-state index contributed by atoms with van der Waals surface area (Å²) in [5.41, 5.74) is 0.282. The van der Waals surface area contributed by atoms with Gasteiger partial charge in [-0.2, -0.15) is 0 Å². The van der Waals surface area contributed by atoms with Gasteiger partial charge in [-0.1, -0.05) is 29.8 Å². The minimum atomic E-state index is -3.94. The van der Waals surface area contributed by atoms with E-state index in [9.17, 15) is 18.0 Å². The van der Waals surface area contributed by atoms with Crippen LogP contribution in [0.15, 0.2) is 53.6 Å². The van der Waals surface area contributed by atoms with Crippen molar-refractivity contribution in [3.05, 3.63) is 53.7 Å². The molecule has 3 aromatic rings. The molecule has 4 rings (SSSR count). The van der Waals surface area contributed by atoms with Crippen molar-refractivity contribution in [3.63, 3.8) is 0 Å². The van der Waals surface area contributed by atoms with Crippen LogP contribution in [0.25, 0.3) is 10.9 Å². The zero-order chi connectivity index (χ0) is 22.2. The van der Waals surface area contributed by atoms with E-state index in [1.54, 1.807) is 30.5 Å². The Kier molecular flexibility index (Phi) is 5.28. The second-order valence-electron chi connectivity index (χ2n) is 7.24. The summed E-state index contributed by atoms with van der Waals surface area (Å²) in [5, 5.41) is 8.93. The van der Waals surface area contributed by atoms with Gasteiger partial charge in [0.2, 0.25) is 5.91 Å². The topological polar surface area (TPSA) is 132 Å². The maximum Gasteiger partial charge on any atom is 0.320 e. The molecule has 31 heavy (non-hydrogen) atoms. The van der Waals surface area contributed by atoms with Gasteiger partial charge in [0.15, 0.2) is 0 Å². The summed E-state index contributed by atoms with van der Waals surface area (Å²) in [6, 6.07) is 10.3. The van der Waals surface area contributed by atoms with Crippen LogP contribution in [0.3, 0.4) is 0 Å². The Balaban J connectivity index is 1.52. The first kappa shape index (κ1) is 21.0. The Labute approximate surface area is 183 Å². The predicted octanol–water partition coefficient (Wildman–Crippen LogP) is 3.02. The number of aromatic nitrogens is 1. The third-order valence-corrected chi connectivity index (χ3v) is 6.75. The van der Waals surface area contributed by atoms with Crippen molar-refractivity contribution in [2.45, 2.75) is 23.3 Å². The number of benzene rings is 2. The molecule has 1 aliphatic rings. The number of halogens is 1. The Morgan fingerprint density at radius 3 is 2.58 bits per heavy atom. The normalized spacial score (nSPS) is 14.6. The number of amides is 3. The third kappa shape index (κ3) is 4.17. The van der Waals surface area contributed by atoms with E-state index in [0.717, 1.165) is 0 Å². The number of anilines is 2. The lowest BCUT2D eigenvalue weighted by Gasteiger charge is -2.16. The molecular weight excluding hydrogens is 442 g/mol.